The van der Waals surface area contributed by atoms with Gasteiger partial charge in [0.2, 0.25) is 0 Å². The monoisotopic (exact) mass is 284 g/mol. The molecule has 110 valence electrons. The van der Waals surface area contributed by atoms with Gasteiger partial charge >= 0.3 is 0 Å². The molecule has 21 heavy (non-hydrogen) atoms. The van der Waals surface area contributed by atoms with E-state index in [4.69, 9.17) is 4.74 Å². The number of benzene rings is 2. The van der Waals surface area contributed by atoms with Crippen LogP contribution in [0.25, 0.3) is 0 Å². The van der Waals surface area contributed by atoms with Crippen LogP contribution in [-0.4, -0.2) is 38.0 Å². The van der Waals surface area contributed by atoms with Gasteiger partial charge in [-0.15, -0.1) is 0 Å². The van der Waals surface area contributed by atoms with Crippen molar-refractivity contribution < 1.29 is 9.53 Å². The first-order chi connectivity index (χ1) is 10.1. The van der Waals surface area contributed by atoms with Gasteiger partial charge in [-0.3, -0.25) is 4.79 Å². The summed E-state index contributed by atoms with van der Waals surface area (Å²) in [6.07, 6.45) is 0. The number of hydrogen-bond acceptors (Lipinski definition) is 3. The summed E-state index contributed by atoms with van der Waals surface area (Å²) in [7, 11) is 3.95. The molecule has 1 amide bonds. The molecule has 0 spiro atoms. The Kier molecular flexibility index (Phi) is 5.35. The van der Waals surface area contributed by atoms with Crippen molar-refractivity contribution in [2.75, 3.05) is 27.2 Å². The van der Waals surface area contributed by atoms with E-state index in [-0.39, 0.29) is 5.91 Å². The second kappa shape index (κ2) is 7.45. The maximum absolute atomic E-state index is 12.0. The summed E-state index contributed by atoms with van der Waals surface area (Å²) in [5.74, 6) is 1.32. The van der Waals surface area contributed by atoms with Crippen molar-refractivity contribution in [3.05, 3.63) is 60.2 Å². The van der Waals surface area contributed by atoms with Crippen LogP contribution >= 0.6 is 0 Å². The zero-order chi connectivity index (χ0) is 15.1. The first kappa shape index (κ1) is 15.1. The summed E-state index contributed by atoms with van der Waals surface area (Å²) >= 11 is 0. The van der Waals surface area contributed by atoms with E-state index in [0.717, 1.165) is 12.3 Å². The van der Waals surface area contributed by atoms with Crippen molar-refractivity contribution in [2.45, 2.75) is 0 Å². The SMILES string of the molecule is CN(C)CCNC(=O)c1cccc(Oc2ccccc2)c1. The molecule has 0 unspecified atom stereocenters. The molecule has 0 radical (unpaired) electrons. The number of nitrogens with one attached hydrogen (secondary N) is 1. The summed E-state index contributed by atoms with van der Waals surface area (Å²) in [5.41, 5.74) is 0.599. The highest BCUT2D eigenvalue weighted by atomic mass is 16.5. The van der Waals surface area contributed by atoms with Gasteiger partial charge in [-0.1, -0.05) is 24.3 Å². The Morgan fingerprint density at radius 2 is 1.76 bits per heavy atom. The highest BCUT2D eigenvalue weighted by Gasteiger charge is 2.06. The quantitative estimate of drug-likeness (QED) is 0.887. The summed E-state index contributed by atoms with van der Waals surface area (Å²) < 4.78 is 5.72. The van der Waals surface area contributed by atoms with E-state index in [2.05, 4.69) is 5.32 Å². The van der Waals surface area contributed by atoms with Crippen LogP contribution in [0.3, 0.4) is 0 Å². The number of carbonyl (C=O) groups excluding carboxylic acids is 1. The lowest BCUT2D eigenvalue weighted by Gasteiger charge is -2.11. The van der Waals surface area contributed by atoms with Crippen LogP contribution in [0.5, 0.6) is 11.5 Å². The van der Waals surface area contributed by atoms with E-state index in [1.807, 2.05) is 61.5 Å². The third-order valence-electron chi connectivity index (χ3n) is 2.92. The fraction of sp³-hybridized carbons (Fsp3) is 0.235. The molecular weight excluding hydrogens is 264 g/mol. The number of nitrogens with zero attached hydrogens (tertiary/aromatic N) is 1. The normalized spacial score (nSPS) is 10.4. The number of hydrogen-bond donors (Lipinski definition) is 1. The molecule has 0 saturated heterocycles. The number of amides is 1. The number of para-hydroxylation sites is 1. The Morgan fingerprint density at radius 3 is 2.48 bits per heavy atom. The van der Waals surface area contributed by atoms with Crippen LogP contribution in [0.4, 0.5) is 0 Å². The summed E-state index contributed by atoms with van der Waals surface area (Å²) in [5, 5.41) is 2.89. The molecule has 2 aromatic rings. The Hall–Kier alpha value is -2.33. The molecule has 4 heteroatoms. The van der Waals surface area contributed by atoms with Gasteiger partial charge in [0.25, 0.3) is 5.91 Å². The largest absolute Gasteiger partial charge is 0.457 e. The molecule has 0 heterocycles. The first-order valence-electron chi connectivity index (χ1n) is 6.91. The van der Waals surface area contributed by atoms with E-state index in [9.17, 15) is 4.79 Å². The Labute approximate surface area is 125 Å². The van der Waals surface area contributed by atoms with Crippen LogP contribution in [-0.2, 0) is 0 Å². The van der Waals surface area contributed by atoms with Gasteiger partial charge < -0.3 is 15.0 Å². The average molecular weight is 284 g/mol. The Balaban J connectivity index is 1.98. The average Bonchev–Trinajstić information content (AvgIpc) is 2.48. The molecular formula is C17H20N2O2. The number of likely N-dealkylation sites (N-methyl/N-ethyl adjacent to an activating group) is 1. The molecule has 0 aliphatic carbocycles. The van der Waals surface area contributed by atoms with Gasteiger partial charge in [-0.2, -0.15) is 0 Å². The minimum Gasteiger partial charge on any atom is -0.457 e. The smallest absolute Gasteiger partial charge is 0.251 e. The number of ether oxygens (including phenoxy) is 1. The fourth-order valence-corrected chi connectivity index (χ4v) is 1.82. The van der Waals surface area contributed by atoms with Crippen LogP contribution in [0.2, 0.25) is 0 Å². The van der Waals surface area contributed by atoms with Crippen LogP contribution in [0.1, 0.15) is 10.4 Å². The second-order valence-corrected chi connectivity index (χ2v) is 5.00. The highest BCUT2D eigenvalue weighted by molar-refractivity contribution is 5.94. The van der Waals surface area contributed by atoms with E-state index >= 15 is 0 Å². The molecule has 1 N–H and O–H groups in total. The lowest BCUT2D eigenvalue weighted by molar-refractivity contribution is 0.0950. The molecule has 0 aliphatic rings. The standard InChI is InChI=1S/C17H20N2O2/c1-19(2)12-11-18-17(20)14-7-6-10-16(13-14)21-15-8-4-3-5-9-15/h3-10,13H,11-12H2,1-2H3,(H,18,20). The third kappa shape index (κ3) is 4.93. The van der Waals surface area contributed by atoms with Gasteiger partial charge in [-0.25, -0.2) is 0 Å². The van der Waals surface area contributed by atoms with Crippen LogP contribution in [0.15, 0.2) is 54.6 Å². The predicted octanol–water partition coefficient (Wildman–Crippen LogP) is 2.77. The van der Waals surface area contributed by atoms with Gasteiger partial charge in [0.05, 0.1) is 0 Å². The van der Waals surface area contributed by atoms with E-state index in [0.29, 0.717) is 17.9 Å². The minimum absolute atomic E-state index is 0.0876. The highest BCUT2D eigenvalue weighted by Crippen LogP contribution is 2.21. The molecule has 0 bridgehead atoms. The van der Waals surface area contributed by atoms with Gasteiger partial charge in [0.1, 0.15) is 11.5 Å². The van der Waals surface area contributed by atoms with Gasteiger partial charge in [-0.05, 0) is 44.4 Å². The summed E-state index contributed by atoms with van der Waals surface area (Å²) in [6, 6.07) is 16.7. The summed E-state index contributed by atoms with van der Waals surface area (Å²) in [4.78, 5) is 14.1. The molecule has 0 fully saturated rings. The maximum atomic E-state index is 12.0. The lowest BCUT2D eigenvalue weighted by atomic mass is 10.2. The fourth-order valence-electron chi connectivity index (χ4n) is 1.82. The topological polar surface area (TPSA) is 41.6 Å². The van der Waals surface area contributed by atoms with Crippen molar-refractivity contribution in [3.8, 4) is 11.5 Å². The predicted molar refractivity (Wildman–Crippen MR) is 83.8 cm³/mol. The minimum atomic E-state index is -0.0876. The number of carbonyl (C=O) groups is 1. The molecule has 0 aliphatic heterocycles. The first-order valence-corrected chi connectivity index (χ1v) is 6.91. The molecule has 2 rings (SSSR count). The van der Waals surface area contributed by atoms with Crippen molar-refractivity contribution in [1.29, 1.82) is 0 Å². The number of rotatable bonds is 6. The summed E-state index contributed by atoms with van der Waals surface area (Å²) in [6.45, 7) is 1.43. The van der Waals surface area contributed by atoms with E-state index < -0.39 is 0 Å². The van der Waals surface area contributed by atoms with Gasteiger partial charge in [0, 0.05) is 18.7 Å². The van der Waals surface area contributed by atoms with Crippen molar-refractivity contribution in [1.82, 2.24) is 10.2 Å². The second-order valence-electron chi connectivity index (χ2n) is 5.00. The molecule has 0 atom stereocenters. The zero-order valence-electron chi connectivity index (χ0n) is 12.4. The molecule has 0 aromatic heterocycles. The maximum Gasteiger partial charge on any atom is 0.251 e. The third-order valence-corrected chi connectivity index (χ3v) is 2.92. The Morgan fingerprint density at radius 1 is 1.05 bits per heavy atom. The van der Waals surface area contributed by atoms with Crippen molar-refractivity contribution >= 4 is 5.91 Å². The van der Waals surface area contributed by atoms with Crippen molar-refractivity contribution in [3.63, 3.8) is 0 Å². The molecule has 4 nitrogen and oxygen atoms in total. The molecule has 0 saturated carbocycles. The van der Waals surface area contributed by atoms with Crippen molar-refractivity contribution in [2.24, 2.45) is 0 Å². The van der Waals surface area contributed by atoms with Crippen LogP contribution in [0, 0.1) is 0 Å². The van der Waals surface area contributed by atoms with Gasteiger partial charge in [0.15, 0.2) is 0 Å². The van der Waals surface area contributed by atoms with E-state index in [1.165, 1.54) is 0 Å². The Bertz CT molecular complexity index is 582. The van der Waals surface area contributed by atoms with E-state index in [1.54, 1.807) is 12.1 Å². The molecule has 2 aromatic carbocycles. The zero-order valence-corrected chi connectivity index (χ0v) is 12.4. The van der Waals surface area contributed by atoms with Crippen LogP contribution < -0.4 is 10.1 Å². The lowest BCUT2D eigenvalue weighted by Crippen LogP contribution is -2.31.